The second kappa shape index (κ2) is 8.29. The van der Waals surface area contributed by atoms with Crippen molar-refractivity contribution in [3.8, 4) is 5.69 Å². The monoisotopic (exact) mass is 448 g/mol. The van der Waals surface area contributed by atoms with Gasteiger partial charge in [-0.05, 0) is 31.2 Å². The van der Waals surface area contributed by atoms with Gasteiger partial charge in [0.15, 0.2) is 10.3 Å². The van der Waals surface area contributed by atoms with Crippen LogP contribution in [0.5, 0.6) is 0 Å². The lowest BCUT2D eigenvalue weighted by Gasteiger charge is -2.13. The largest absolute Gasteiger partial charge is 0.301 e. The summed E-state index contributed by atoms with van der Waals surface area (Å²) < 4.78 is 14.8. The molecule has 1 unspecified atom stereocenters. The molecular formula is C19H17FN4O2S3. The van der Waals surface area contributed by atoms with Crippen molar-refractivity contribution >= 4 is 45.9 Å². The van der Waals surface area contributed by atoms with Crippen molar-refractivity contribution in [1.29, 1.82) is 0 Å². The van der Waals surface area contributed by atoms with E-state index in [4.69, 9.17) is 0 Å². The van der Waals surface area contributed by atoms with Gasteiger partial charge in [0.1, 0.15) is 5.82 Å². The maximum Gasteiger partial charge on any atom is 0.272 e. The van der Waals surface area contributed by atoms with E-state index in [0.29, 0.717) is 27.3 Å². The smallest absolute Gasteiger partial charge is 0.272 e. The quantitative estimate of drug-likeness (QED) is 0.471. The average molecular weight is 449 g/mol. The minimum Gasteiger partial charge on any atom is -0.301 e. The molecule has 4 rings (SSSR count). The third-order valence-electron chi connectivity index (χ3n) is 4.16. The number of benzene rings is 1. The summed E-state index contributed by atoms with van der Waals surface area (Å²) in [6.45, 7) is 3.90. The van der Waals surface area contributed by atoms with Crippen molar-refractivity contribution in [1.82, 2.24) is 14.5 Å². The molecule has 1 aromatic carbocycles. The Bertz CT molecular complexity index is 1130. The molecule has 0 spiro atoms. The Labute approximate surface area is 179 Å². The fraction of sp³-hybridized carbons (Fsp3) is 0.263. The van der Waals surface area contributed by atoms with Crippen LogP contribution in [0.15, 0.2) is 44.5 Å². The van der Waals surface area contributed by atoms with E-state index in [1.165, 1.54) is 63.7 Å². The number of nitrogens with zero attached hydrogens (tertiary/aromatic N) is 3. The number of halogens is 1. The fourth-order valence-corrected chi connectivity index (χ4v) is 5.54. The highest BCUT2D eigenvalue weighted by molar-refractivity contribution is 8.00. The molecule has 0 bridgehead atoms. The molecule has 0 aliphatic carbocycles. The number of hydrogen-bond donors (Lipinski definition) is 1. The van der Waals surface area contributed by atoms with E-state index in [2.05, 4.69) is 15.3 Å². The van der Waals surface area contributed by atoms with Crippen LogP contribution in [0.2, 0.25) is 0 Å². The molecular weight excluding hydrogens is 431 g/mol. The van der Waals surface area contributed by atoms with Crippen LogP contribution in [0, 0.1) is 12.7 Å². The third kappa shape index (κ3) is 4.39. The normalized spacial score (nSPS) is 15.3. The third-order valence-corrected chi connectivity index (χ3v) is 7.19. The van der Waals surface area contributed by atoms with Gasteiger partial charge in [-0.25, -0.2) is 14.4 Å². The first-order valence-corrected chi connectivity index (χ1v) is 11.6. The van der Waals surface area contributed by atoms with Crippen LogP contribution in [0.3, 0.4) is 0 Å². The zero-order chi connectivity index (χ0) is 20.5. The van der Waals surface area contributed by atoms with Crippen LogP contribution in [0.25, 0.3) is 5.69 Å². The number of aromatic nitrogens is 3. The zero-order valence-corrected chi connectivity index (χ0v) is 18.1. The molecule has 0 fully saturated rings. The van der Waals surface area contributed by atoms with Crippen LogP contribution in [0.4, 0.5) is 9.52 Å². The molecule has 150 valence electrons. The minimum absolute atomic E-state index is 0.0771. The number of fused-ring (bicyclic) bond motifs is 1. The van der Waals surface area contributed by atoms with E-state index in [-0.39, 0.29) is 28.3 Å². The van der Waals surface area contributed by atoms with Crippen molar-refractivity contribution in [2.24, 2.45) is 0 Å². The summed E-state index contributed by atoms with van der Waals surface area (Å²) in [4.78, 5) is 35.0. The number of aryl methyl sites for hydroxylation is 1. The van der Waals surface area contributed by atoms with Gasteiger partial charge >= 0.3 is 0 Å². The molecule has 1 amide bonds. The van der Waals surface area contributed by atoms with Gasteiger partial charge in [0.2, 0.25) is 5.91 Å². The molecule has 3 aromatic rings. The molecule has 29 heavy (non-hydrogen) atoms. The summed E-state index contributed by atoms with van der Waals surface area (Å²) in [5.74, 6) is -0.535. The van der Waals surface area contributed by atoms with Gasteiger partial charge in [0.05, 0.1) is 27.7 Å². The SMILES string of the molecule is Cc1csc(NC(=O)CSc2nc3c(c(=O)n2-c2ccc(F)cc2)SC(C)C3)n1. The van der Waals surface area contributed by atoms with Gasteiger partial charge < -0.3 is 5.32 Å². The number of carbonyl (C=O) groups is 1. The molecule has 1 aliphatic rings. The first-order valence-electron chi connectivity index (χ1n) is 8.84. The van der Waals surface area contributed by atoms with Gasteiger partial charge in [-0.3, -0.25) is 14.2 Å². The molecule has 1 atom stereocenters. The molecule has 3 heterocycles. The molecule has 1 aliphatic heterocycles. The zero-order valence-electron chi connectivity index (χ0n) is 15.6. The van der Waals surface area contributed by atoms with Crippen LogP contribution in [-0.4, -0.2) is 31.4 Å². The summed E-state index contributed by atoms with van der Waals surface area (Å²) in [6, 6.07) is 5.68. The van der Waals surface area contributed by atoms with Crippen LogP contribution in [0.1, 0.15) is 18.3 Å². The Morgan fingerprint density at radius 2 is 2.10 bits per heavy atom. The standard InChI is InChI=1S/C19H17FN4O2S3/c1-10-8-27-18(21-10)23-15(25)9-28-19-22-14-7-11(2)29-16(14)17(26)24(19)13-5-3-12(20)4-6-13/h3-6,8,11H,7,9H2,1-2H3,(H,21,23,25). The number of rotatable bonds is 5. The molecule has 2 aromatic heterocycles. The number of amides is 1. The predicted octanol–water partition coefficient (Wildman–Crippen LogP) is 3.90. The van der Waals surface area contributed by atoms with E-state index < -0.39 is 0 Å². The van der Waals surface area contributed by atoms with Crippen LogP contribution >= 0.6 is 34.9 Å². The topological polar surface area (TPSA) is 76.9 Å². The first-order chi connectivity index (χ1) is 13.9. The number of thioether (sulfide) groups is 2. The number of hydrogen-bond acceptors (Lipinski definition) is 7. The van der Waals surface area contributed by atoms with Crippen molar-refractivity contribution in [3.63, 3.8) is 0 Å². The van der Waals surface area contributed by atoms with Crippen LogP contribution in [-0.2, 0) is 11.2 Å². The maximum atomic E-state index is 13.4. The van der Waals surface area contributed by atoms with Crippen molar-refractivity contribution in [2.45, 2.75) is 35.6 Å². The van der Waals surface area contributed by atoms with Gasteiger partial charge in [0, 0.05) is 17.1 Å². The first kappa shape index (κ1) is 20.1. The fourth-order valence-electron chi connectivity index (χ4n) is 2.91. The summed E-state index contributed by atoms with van der Waals surface area (Å²) in [6.07, 6.45) is 0.706. The predicted molar refractivity (Wildman–Crippen MR) is 115 cm³/mol. The van der Waals surface area contributed by atoms with E-state index >= 15 is 0 Å². The number of anilines is 1. The van der Waals surface area contributed by atoms with E-state index in [1.54, 1.807) is 0 Å². The van der Waals surface area contributed by atoms with E-state index in [1.807, 2.05) is 19.2 Å². The molecule has 0 radical (unpaired) electrons. The summed E-state index contributed by atoms with van der Waals surface area (Å²) in [5.41, 5.74) is 1.93. The second-order valence-corrected chi connectivity index (χ2v) is 9.80. The summed E-state index contributed by atoms with van der Waals surface area (Å²) >= 11 is 4.04. The van der Waals surface area contributed by atoms with Gasteiger partial charge in [-0.15, -0.1) is 23.1 Å². The lowest BCUT2D eigenvalue weighted by Crippen LogP contribution is -2.24. The highest BCUT2D eigenvalue weighted by Crippen LogP contribution is 2.34. The highest BCUT2D eigenvalue weighted by atomic mass is 32.2. The Kier molecular flexibility index (Phi) is 5.75. The molecule has 10 heteroatoms. The Morgan fingerprint density at radius 3 is 2.79 bits per heavy atom. The molecule has 0 saturated carbocycles. The minimum atomic E-state index is -0.383. The van der Waals surface area contributed by atoms with Crippen molar-refractivity contribution < 1.29 is 9.18 Å². The Morgan fingerprint density at radius 1 is 1.34 bits per heavy atom. The van der Waals surface area contributed by atoms with Crippen LogP contribution < -0.4 is 10.9 Å². The Balaban J connectivity index is 1.64. The van der Waals surface area contributed by atoms with E-state index in [0.717, 1.165) is 11.4 Å². The number of thiazole rings is 1. The Hall–Kier alpha value is -2.17. The van der Waals surface area contributed by atoms with Gasteiger partial charge in [-0.2, -0.15) is 0 Å². The lowest BCUT2D eigenvalue weighted by molar-refractivity contribution is -0.113. The second-order valence-electron chi connectivity index (χ2n) is 6.55. The molecule has 6 nitrogen and oxygen atoms in total. The summed E-state index contributed by atoms with van der Waals surface area (Å²) in [5, 5.41) is 5.83. The summed E-state index contributed by atoms with van der Waals surface area (Å²) in [7, 11) is 0. The van der Waals surface area contributed by atoms with Crippen molar-refractivity contribution in [3.05, 3.63) is 57.2 Å². The van der Waals surface area contributed by atoms with Gasteiger partial charge in [-0.1, -0.05) is 18.7 Å². The van der Waals surface area contributed by atoms with Gasteiger partial charge in [0.25, 0.3) is 5.56 Å². The van der Waals surface area contributed by atoms with Crippen molar-refractivity contribution in [2.75, 3.05) is 11.1 Å². The highest BCUT2D eigenvalue weighted by Gasteiger charge is 2.27. The average Bonchev–Trinajstić information content (AvgIpc) is 3.26. The molecule has 1 N–H and O–H groups in total. The number of carbonyl (C=O) groups excluding carboxylic acids is 1. The lowest BCUT2D eigenvalue weighted by atomic mass is 10.2. The maximum absolute atomic E-state index is 13.4. The number of nitrogens with one attached hydrogen (secondary N) is 1. The van der Waals surface area contributed by atoms with E-state index in [9.17, 15) is 14.0 Å². The molecule has 0 saturated heterocycles.